The summed E-state index contributed by atoms with van der Waals surface area (Å²) in [6.07, 6.45) is 8.22. The van der Waals surface area contributed by atoms with Crippen molar-refractivity contribution in [3.05, 3.63) is 127 Å². The first-order valence-electron chi connectivity index (χ1n) is 20.3. The van der Waals surface area contributed by atoms with E-state index >= 15 is 0 Å². The molecule has 0 radical (unpaired) electrons. The predicted octanol–water partition coefficient (Wildman–Crippen LogP) is 4.48. The number of fused-ring (bicyclic) bond motifs is 3. The molecule has 9 rings (SSSR count). The molecule has 0 bridgehead atoms. The molecule has 344 valence electrons. The maximum Gasteiger partial charge on any atom is 0.240 e. The summed E-state index contributed by atoms with van der Waals surface area (Å²) < 4.78 is 35.1. The van der Waals surface area contributed by atoms with Crippen LogP contribution < -0.4 is 32.4 Å². The molecule has 21 nitrogen and oxygen atoms in total. The van der Waals surface area contributed by atoms with Crippen LogP contribution in [0.4, 0.5) is 17.5 Å². The van der Waals surface area contributed by atoms with E-state index in [1.54, 1.807) is 74.5 Å². The first-order chi connectivity index (χ1) is 31.7. The van der Waals surface area contributed by atoms with Gasteiger partial charge in [-0.2, -0.15) is 15.2 Å². The van der Waals surface area contributed by atoms with Crippen molar-refractivity contribution in [2.45, 2.75) is 33.1 Å². The summed E-state index contributed by atoms with van der Waals surface area (Å²) in [4.78, 5) is 39.7. The minimum atomic E-state index is -3.34. The van der Waals surface area contributed by atoms with Crippen LogP contribution in [0.2, 0.25) is 0 Å². The van der Waals surface area contributed by atoms with Gasteiger partial charge in [-0.3, -0.25) is 14.3 Å². The van der Waals surface area contributed by atoms with Crippen molar-refractivity contribution in [1.82, 2.24) is 48.8 Å². The molecule has 0 saturated heterocycles. The average molecular weight is 926 g/mol. The Morgan fingerprint density at radius 2 is 1.30 bits per heavy atom. The van der Waals surface area contributed by atoms with Crippen LogP contribution >= 0.6 is 0 Å². The van der Waals surface area contributed by atoms with Crippen LogP contribution in [-0.2, 0) is 26.0 Å². The minimum Gasteiger partial charge on any atom is -0.504 e. The maximum absolute atomic E-state index is 11.9. The van der Waals surface area contributed by atoms with Gasteiger partial charge in [-0.15, -0.1) is 5.10 Å². The SMILES string of the molecule is COc1cc(-c2ccc3nc(C(C(N)=O)C(C)(C)C)nn3c2)ccc1O.CS(=O)(=O)Nc1cccc(-c2ccc3nc(CC(N)=O)nn3c2)c1.Nc1ccc(-c2ccc3nc(N)nn3c2)cn1. The average Bonchev–Trinajstić information content (AvgIpc) is 3.97. The van der Waals surface area contributed by atoms with Gasteiger partial charge >= 0.3 is 0 Å². The number of nitrogens with one attached hydrogen (secondary N) is 1. The molecule has 1 unspecified atom stereocenters. The topological polar surface area (TPSA) is 317 Å². The molecule has 0 spiro atoms. The Kier molecular flexibility index (Phi) is 13.0. The van der Waals surface area contributed by atoms with Crippen LogP contribution in [0.5, 0.6) is 11.5 Å². The molecule has 0 saturated carbocycles. The quantitative estimate of drug-likeness (QED) is 0.110. The number of pyridine rings is 4. The minimum absolute atomic E-state index is 0.0230. The van der Waals surface area contributed by atoms with E-state index in [4.69, 9.17) is 27.7 Å². The number of nitrogens with zero attached hydrogens (tertiary/aromatic N) is 10. The van der Waals surface area contributed by atoms with E-state index in [0.29, 0.717) is 40.2 Å². The first kappa shape index (κ1) is 46.3. The van der Waals surface area contributed by atoms with Gasteiger partial charge in [0.25, 0.3) is 0 Å². The zero-order chi connectivity index (χ0) is 48.2. The number of phenols is 1. The summed E-state index contributed by atoms with van der Waals surface area (Å²) in [6, 6.07) is 26.9. The van der Waals surface area contributed by atoms with Gasteiger partial charge in [0.05, 0.1) is 19.8 Å². The zero-order valence-electron chi connectivity index (χ0n) is 36.9. The standard InChI is InChI=1S/C19H22N4O3.C15H15N5O3S.C11H10N6/c1-19(2,3)16(17(20)25)18-21-15-8-6-12(10-23(15)22-18)11-5-7-13(24)14(9-11)26-4;1-24(22,23)19-12-4-2-3-10(7-12)11-5-6-15-17-14(8-13(16)21)18-20(15)9-11;12-9-3-1-7(5-14-9)8-2-4-10-15-11(13)16-17(10)6-8/h5-10,16,24H,1-4H3,(H2,20,25);2-7,9,19H,8H2,1H3,(H2,16,21);1-6H,(H2,12,14)(H2,13,16). The summed E-state index contributed by atoms with van der Waals surface area (Å²) in [5, 5.41) is 22.5. The van der Waals surface area contributed by atoms with E-state index in [0.717, 1.165) is 45.3 Å². The number of phenolic OH excluding ortho intramolecular Hbond substituents is 1. The molecule has 1 atom stereocenters. The Hall–Kier alpha value is -8.66. The second-order valence-corrected chi connectivity index (χ2v) is 18.0. The highest BCUT2D eigenvalue weighted by Gasteiger charge is 2.34. The summed E-state index contributed by atoms with van der Waals surface area (Å²) in [5.41, 5.74) is 29.2. The summed E-state index contributed by atoms with van der Waals surface area (Å²) >= 11 is 0. The molecule has 67 heavy (non-hydrogen) atoms. The molecule has 2 amide bonds. The van der Waals surface area contributed by atoms with E-state index in [-0.39, 0.29) is 23.5 Å². The molecule has 0 aliphatic rings. The Balaban J connectivity index is 0.000000152. The van der Waals surface area contributed by atoms with Gasteiger partial charge in [0.1, 0.15) is 11.7 Å². The number of carbonyl (C=O) groups excluding carboxylic acids is 2. The molecular weight excluding hydrogens is 879 g/mol. The molecule has 0 aliphatic carbocycles. The Labute approximate surface area is 383 Å². The van der Waals surface area contributed by atoms with Gasteiger partial charge in [0.2, 0.25) is 27.8 Å². The van der Waals surface area contributed by atoms with Gasteiger partial charge in [0, 0.05) is 52.7 Å². The number of carbonyl (C=O) groups is 2. The number of anilines is 3. The van der Waals surface area contributed by atoms with E-state index in [1.807, 2.05) is 75.6 Å². The number of methoxy groups -OCH3 is 1. The summed E-state index contributed by atoms with van der Waals surface area (Å²) in [5.74, 6) is 0.468. The number of nitrogens with two attached hydrogens (primary N) is 4. The van der Waals surface area contributed by atoms with Crippen LogP contribution in [0, 0.1) is 5.41 Å². The Bertz CT molecular complexity index is 3380. The van der Waals surface area contributed by atoms with E-state index < -0.39 is 27.8 Å². The number of aromatic hydroxyl groups is 1. The number of ether oxygens (including phenoxy) is 1. The number of primary amides is 2. The van der Waals surface area contributed by atoms with E-state index in [1.165, 1.54) is 7.11 Å². The van der Waals surface area contributed by atoms with E-state index in [9.17, 15) is 23.1 Å². The van der Waals surface area contributed by atoms with Crippen LogP contribution in [0.1, 0.15) is 38.3 Å². The number of hydrogen-bond acceptors (Lipinski definition) is 15. The summed E-state index contributed by atoms with van der Waals surface area (Å²) in [7, 11) is -1.84. The molecule has 0 aliphatic heterocycles. The molecular formula is C45H47N15O6S. The molecule has 7 aromatic heterocycles. The van der Waals surface area contributed by atoms with Crippen LogP contribution in [0.25, 0.3) is 50.3 Å². The highest BCUT2D eigenvalue weighted by molar-refractivity contribution is 7.92. The second kappa shape index (κ2) is 18.8. The molecule has 10 N–H and O–H groups in total. The highest BCUT2D eigenvalue weighted by atomic mass is 32.2. The smallest absolute Gasteiger partial charge is 0.240 e. The van der Waals surface area contributed by atoms with E-state index in [2.05, 4.69) is 40.0 Å². The molecule has 9 aromatic rings. The monoisotopic (exact) mass is 925 g/mol. The molecule has 2 aromatic carbocycles. The number of sulfonamides is 1. The largest absolute Gasteiger partial charge is 0.504 e. The molecule has 0 fully saturated rings. The number of benzene rings is 2. The number of aromatic nitrogens is 10. The number of nitrogen functional groups attached to an aromatic ring is 2. The van der Waals surface area contributed by atoms with Gasteiger partial charge in [-0.1, -0.05) is 39.0 Å². The molecule has 7 heterocycles. The maximum atomic E-state index is 11.9. The lowest BCUT2D eigenvalue weighted by atomic mass is 9.80. The number of amides is 2. The van der Waals surface area contributed by atoms with Crippen LogP contribution in [0.15, 0.2) is 116 Å². The zero-order valence-corrected chi connectivity index (χ0v) is 37.7. The predicted molar refractivity (Wildman–Crippen MR) is 253 cm³/mol. The fourth-order valence-corrected chi connectivity index (χ4v) is 7.50. The number of hydrogen-bond donors (Lipinski definition) is 6. The molecule has 22 heteroatoms. The third-order valence-electron chi connectivity index (χ3n) is 9.94. The lowest BCUT2D eigenvalue weighted by Crippen LogP contribution is -2.32. The van der Waals surface area contributed by atoms with Crippen molar-refractivity contribution in [2.24, 2.45) is 16.9 Å². The van der Waals surface area contributed by atoms with Crippen molar-refractivity contribution in [3.63, 3.8) is 0 Å². The highest BCUT2D eigenvalue weighted by Crippen LogP contribution is 2.35. The van der Waals surface area contributed by atoms with Crippen molar-refractivity contribution in [1.29, 1.82) is 0 Å². The fraction of sp³-hybridized carbons (Fsp3) is 0.178. The van der Waals surface area contributed by atoms with Crippen molar-refractivity contribution in [2.75, 3.05) is 29.6 Å². The number of rotatable bonds is 10. The van der Waals surface area contributed by atoms with Crippen molar-refractivity contribution >= 4 is 56.2 Å². The Morgan fingerprint density at radius 3 is 1.88 bits per heavy atom. The lowest BCUT2D eigenvalue weighted by molar-refractivity contribution is -0.122. The Morgan fingerprint density at radius 1 is 0.731 bits per heavy atom. The second-order valence-electron chi connectivity index (χ2n) is 16.3. The fourth-order valence-electron chi connectivity index (χ4n) is 6.95. The lowest BCUT2D eigenvalue weighted by Gasteiger charge is -2.25. The first-order valence-corrected chi connectivity index (χ1v) is 22.2. The van der Waals surface area contributed by atoms with Crippen LogP contribution in [0.3, 0.4) is 0 Å². The van der Waals surface area contributed by atoms with Gasteiger partial charge < -0.3 is 32.8 Å². The van der Waals surface area contributed by atoms with Gasteiger partial charge in [-0.25, -0.2) is 36.9 Å². The van der Waals surface area contributed by atoms with Crippen molar-refractivity contribution in [3.8, 4) is 44.9 Å². The third-order valence-corrected chi connectivity index (χ3v) is 10.5. The third kappa shape index (κ3) is 11.4. The van der Waals surface area contributed by atoms with Gasteiger partial charge in [0.15, 0.2) is 40.1 Å². The normalized spacial score (nSPS) is 11.9. The van der Waals surface area contributed by atoms with Crippen LogP contribution in [-0.4, -0.2) is 87.5 Å². The van der Waals surface area contributed by atoms with Gasteiger partial charge in [-0.05, 0) is 89.3 Å². The van der Waals surface area contributed by atoms with Crippen molar-refractivity contribution < 1.29 is 27.9 Å². The summed E-state index contributed by atoms with van der Waals surface area (Å²) in [6.45, 7) is 5.80.